The first-order valence-electron chi connectivity index (χ1n) is 9.91. The van der Waals surface area contributed by atoms with Crippen LogP contribution in [0.1, 0.15) is 48.9 Å². The number of carbonyl (C=O) groups excluding carboxylic acids is 3. The minimum Gasteiger partial charge on any atom is -0.354 e. The molecule has 0 saturated carbocycles. The van der Waals surface area contributed by atoms with E-state index in [9.17, 15) is 14.4 Å². The summed E-state index contributed by atoms with van der Waals surface area (Å²) >= 11 is 0. The summed E-state index contributed by atoms with van der Waals surface area (Å²) in [6.45, 7) is 2.52. The van der Waals surface area contributed by atoms with Crippen LogP contribution in [0, 0.1) is 5.92 Å². The number of hydrogen-bond acceptors (Lipinski definition) is 4. The van der Waals surface area contributed by atoms with Crippen LogP contribution in [0.5, 0.6) is 0 Å². The lowest BCUT2D eigenvalue weighted by molar-refractivity contribution is -0.150. The molecular formula is C20H26N4O3. The van der Waals surface area contributed by atoms with E-state index in [4.69, 9.17) is 0 Å². The van der Waals surface area contributed by atoms with Crippen molar-refractivity contribution in [2.45, 2.75) is 44.1 Å². The van der Waals surface area contributed by atoms with Gasteiger partial charge < -0.3 is 15.1 Å². The van der Waals surface area contributed by atoms with E-state index in [1.54, 1.807) is 24.5 Å². The second-order valence-corrected chi connectivity index (χ2v) is 7.79. The lowest BCUT2D eigenvalue weighted by atomic mass is 9.85. The minimum absolute atomic E-state index is 0.00685. The van der Waals surface area contributed by atoms with E-state index >= 15 is 0 Å². The van der Waals surface area contributed by atoms with E-state index in [1.165, 1.54) is 0 Å². The van der Waals surface area contributed by atoms with Crippen molar-refractivity contribution in [3.05, 3.63) is 30.1 Å². The number of piperidine rings is 2. The van der Waals surface area contributed by atoms with Crippen LogP contribution in [0.3, 0.4) is 0 Å². The van der Waals surface area contributed by atoms with Gasteiger partial charge in [-0.3, -0.25) is 19.4 Å². The summed E-state index contributed by atoms with van der Waals surface area (Å²) in [5.41, 5.74) is 0.00595. The lowest BCUT2D eigenvalue weighted by Gasteiger charge is -2.42. The fraction of sp³-hybridized carbons (Fsp3) is 0.600. The number of hydrogen-bond donors (Lipinski definition) is 1. The smallest absolute Gasteiger partial charge is 0.253 e. The van der Waals surface area contributed by atoms with Gasteiger partial charge in [0.05, 0.1) is 0 Å². The quantitative estimate of drug-likeness (QED) is 0.848. The summed E-state index contributed by atoms with van der Waals surface area (Å²) in [7, 11) is 0. The highest BCUT2D eigenvalue weighted by Crippen LogP contribution is 2.37. The Kier molecular flexibility index (Phi) is 4.85. The van der Waals surface area contributed by atoms with Gasteiger partial charge >= 0.3 is 0 Å². The van der Waals surface area contributed by atoms with E-state index in [2.05, 4.69) is 10.3 Å². The maximum absolute atomic E-state index is 13.2. The molecule has 1 spiro atoms. The first-order valence-corrected chi connectivity index (χ1v) is 9.91. The van der Waals surface area contributed by atoms with E-state index in [0.717, 1.165) is 25.7 Å². The molecule has 0 radical (unpaired) electrons. The fourth-order valence-corrected chi connectivity index (χ4v) is 4.78. The number of nitrogens with one attached hydrogen (secondary N) is 1. The van der Waals surface area contributed by atoms with E-state index in [1.807, 2.05) is 9.80 Å². The zero-order valence-corrected chi connectivity index (χ0v) is 15.5. The van der Waals surface area contributed by atoms with Crippen LogP contribution in [0.25, 0.3) is 0 Å². The van der Waals surface area contributed by atoms with Crippen molar-refractivity contribution in [2.75, 3.05) is 26.2 Å². The molecule has 1 aromatic rings. The van der Waals surface area contributed by atoms with Crippen molar-refractivity contribution in [1.29, 1.82) is 0 Å². The first kappa shape index (κ1) is 17.9. The zero-order valence-electron chi connectivity index (χ0n) is 15.5. The molecule has 0 bridgehead atoms. The number of likely N-dealkylation sites (tertiary alicyclic amines) is 2. The third kappa shape index (κ3) is 3.19. The normalized spacial score (nSPS) is 26.3. The molecule has 4 rings (SSSR count). The second kappa shape index (κ2) is 7.29. The fourth-order valence-electron chi connectivity index (χ4n) is 4.78. The second-order valence-electron chi connectivity index (χ2n) is 7.79. The van der Waals surface area contributed by atoms with E-state index in [0.29, 0.717) is 44.6 Å². The number of aromatic nitrogens is 1. The summed E-state index contributed by atoms with van der Waals surface area (Å²) in [4.78, 5) is 45.9. The van der Waals surface area contributed by atoms with Crippen molar-refractivity contribution in [3.8, 4) is 0 Å². The molecule has 1 aromatic heterocycles. The molecule has 7 nitrogen and oxygen atoms in total. The van der Waals surface area contributed by atoms with Crippen LogP contribution >= 0.6 is 0 Å². The summed E-state index contributed by atoms with van der Waals surface area (Å²) in [6, 6.07) is 3.44. The number of nitrogens with zero attached hydrogens (tertiary/aromatic N) is 3. The number of rotatable bonds is 2. The van der Waals surface area contributed by atoms with Gasteiger partial charge in [-0.15, -0.1) is 0 Å². The van der Waals surface area contributed by atoms with Crippen molar-refractivity contribution in [2.24, 2.45) is 5.92 Å². The molecule has 1 N–H and O–H groups in total. The maximum Gasteiger partial charge on any atom is 0.253 e. The predicted molar refractivity (Wildman–Crippen MR) is 98.8 cm³/mol. The van der Waals surface area contributed by atoms with Gasteiger partial charge in [0.25, 0.3) is 5.91 Å². The van der Waals surface area contributed by atoms with Crippen LogP contribution in [0.15, 0.2) is 24.5 Å². The molecule has 7 heteroatoms. The summed E-state index contributed by atoms with van der Waals surface area (Å²) in [5, 5.41) is 2.95. The monoisotopic (exact) mass is 370 g/mol. The average molecular weight is 370 g/mol. The van der Waals surface area contributed by atoms with Gasteiger partial charge in [0.2, 0.25) is 11.8 Å². The third-order valence-corrected chi connectivity index (χ3v) is 6.29. The zero-order chi connectivity index (χ0) is 18.9. The molecule has 0 aliphatic carbocycles. The number of amides is 3. The van der Waals surface area contributed by atoms with Gasteiger partial charge in [-0.05, 0) is 50.7 Å². The van der Waals surface area contributed by atoms with Crippen LogP contribution in [0.4, 0.5) is 0 Å². The van der Waals surface area contributed by atoms with E-state index in [-0.39, 0.29) is 23.6 Å². The first-order chi connectivity index (χ1) is 13.1. The Morgan fingerprint density at radius 1 is 1.07 bits per heavy atom. The van der Waals surface area contributed by atoms with E-state index < -0.39 is 5.54 Å². The predicted octanol–water partition coefficient (Wildman–Crippen LogP) is 1.20. The molecule has 0 aromatic carbocycles. The highest BCUT2D eigenvalue weighted by atomic mass is 16.2. The molecule has 144 valence electrons. The summed E-state index contributed by atoms with van der Waals surface area (Å²) < 4.78 is 0. The van der Waals surface area contributed by atoms with Crippen molar-refractivity contribution >= 4 is 17.7 Å². The Hall–Kier alpha value is -2.44. The van der Waals surface area contributed by atoms with Gasteiger partial charge in [0.1, 0.15) is 5.54 Å². The van der Waals surface area contributed by atoms with Gasteiger partial charge in [0.15, 0.2) is 0 Å². The van der Waals surface area contributed by atoms with Crippen molar-refractivity contribution in [1.82, 2.24) is 20.1 Å². The van der Waals surface area contributed by atoms with Crippen LogP contribution < -0.4 is 5.32 Å². The molecule has 4 heterocycles. The van der Waals surface area contributed by atoms with Crippen LogP contribution in [-0.4, -0.2) is 64.2 Å². The lowest BCUT2D eigenvalue weighted by Crippen LogP contribution is -2.61. The highest BCUT2D eigenvalue weighted by Gasteiger charge is 2.51. The van der Waals surface area contributed by atoms with Crippen molar-refractivity contribution in [3.63, 3.8) is 0 Å². The standard InChI is InChI=1S/C20H26N4O3/c25-17(15-3-10-21-11-4-15)23-13-5-16(6-14-23)18(26)24-12-2-8-20(24)7-1-9-22-19(20)27/h3-4,10-11,16H,1-2,5-9,12-14H2,(H,22,27). The van der Waals surface area contributed by atoms with Gasteiger partial charge in [0, 0.05) is 50.1 Å². The summed E-state index contributed by atoms with van der Waals surface area (Å²) in [5.74, 6) is 0.00857. The number of pyridine rings is 1. The maximum atomic E-state index is 13.2. The molecule has 3 saturated heterocycles. The molecule has 1 unspecified atom stereocenters. The Morgan fingerprint density at radius 2 is 1.78 bits per heavy atom. The molecule has 3 aliphatic heterocycles. The Labute approximate surface area is 159 Å². The average Bonchev–Trinajstić information content (AvgIpc) is 3.14. The third-order valence-electron chi connectivity index (χ3n) is 6.29. The minimum atomic E-state index is -0.626. The van der Waals surface area contributed by atoms with Gasteiger partial charge in [-0.2, -0.15) is 0 Å². The number of carbonyl (C=O) groups is 3. The van der Waals surface area contributed by atoms with Crippen molar-refractivity contribution < 1.29 is 14.4 Å². The van der Waals surface area contributed by atoms with Crippen LogP contribution in [-0.2, 0) is 9.59 Å². The van der Waals surface area contributed by atoms with Gasteiger partial charge in [-0.25, -0.2) is 0 Å². The highest BCUT2D eigenvalue weighted by molar-refractivity contribution is 5.95. The largest absolute Gasteiger partial charge is 0.354 e. The molecule has 27 heavy (non-hydrogen) atoms. The topological polar surface area (TPSA) is 82.6 Å². The molecular weight excluding hydrogens is 344 g/mol. The summed E-state index contributed by atoms with van der Waals surface area (Å²) in [6.07, 6.45) is 7.89. The molecule has 3 aliphatic rings. The Morgan fingerprint density at radius 3 is 2.48 bits per heavy atom. The molecule has 3 fully saturated rings. The van der Waals surface area contributed by atoms with Crippen LogP contribution in [0.2, 0.25) is 0 Å². The molecule has 1 atom stereocenters. The Bertz CT molecular complexity index is 730. The Balaban J connectivity index is 1.40. The molecule has 3 amide bonds. The SMILES string of the molecule is O=C(c1ccncc1)N1CCC(C(=O)N2CCCC23CCCNC3=O)CC1. The van der Waals surface area contributed by atoms with Gasteiger partial charge in [-0.1, -0.05) is 0 Å².